The molecule has 0 unspecified atom stereocenters. The largest absolute Gasteiger partial charge is 0.455 e. The molecule has 11 aromatic rings. The molecule has 2 aromatic heterocycles. The van der Waals surface area contributed by atoms with Crippen LogP contribution in [0.4, 0.5) is 0 Å². The van der Waals surface area contributed by atoms with Gasteiger partial charge in [0.05, 0.1) is 11.4 Å². The predicted molar refractivity (Wildman–Crippen MR) is 248 cm³/mol. The molecule has 3 nitrogen and oxygen atoms in total. The minimum atomic E-state index is 0.714. The molecule has 0 amide bonds. The van der Waals surface area contributed by atoms with Crippen molar-refractivity contribution in [1.82, 2.24) is 9.97 Å². The van der Waals surface area contributed by atoms with Crippen LogP contribution in [-0.4, -0.2) is 9.97 Å². The number of aromatic nitrogens is 2. The van der Waals surface area contributed by atoms with Crippen molar-refractivity contribution < 1.29 is 4.42 Å². The van der Waals surface area contributed by atoms with Gasteiger partial charge in [0, 0.05) is 32.8 Å². The van der Waals surface area contributed by atoms with Crippen molar-refractivity contribution in [2.24, 2.45) is 0 Å². The smallest absolute Gasteiger partial charge is 0.160 e. The monoisotopic (exact) mass is 764 g/mol. The van der Waals surface area contributed by atoms with Crippen LogP contribution in [0.25, 0.3) is 111 Å². The summed E-state index contributed by atoms with van der Waals surface area (Å²) in [4.78, 5) is 10.0. The van der Waals surface area contributed by atoms with Gasteiger partial charge in [0.25, 0.3) is 0 Å². The zero-order valence-corrected chi connectivity index (χ0v) is 32.6. The first-order valence-electron chi connectivity index (χ1n) is 20.5. The summed E-state index contributed by atoms with van der Waals surface area (Å²) in [5.41, 5.74) is 19.3. The van der Waals surface area contributed by atoms with Gasteiger partial charge in [-0.2, -0.15) is 0 Å². The lowest BCUT2D eigenvalue weighted by atomic mass is 9.90. The predicted octanol–water partition coefficient (Wildman–Crippen LogP) is 15.1. The highest BCUT2D eigenvalue weighted by Gasteiger charge is 2.24. The number of fused-ring (bicyclic) bond motifs is 8. The zero-order chi connectivity index (χ0) is 39.6. The van der Waals surface area contributed by atoms with E-state index in [1.54, 1.807) is 0 Å². The molecule has 0 saturated heterocycles. The van der Waals surface area contributed by atoms with E-state index in [1.165, 1.54) is 49.9 Å². The number of hydrogen-bond acceptors (Lipinski definition) is 3. The van der Waals surface area contributed by atoms with Crippen molar-refractivity contribution in [2.45, 2.75) is 6.42 Å². The molecule has 0 saturated carbocycles. The lowest BCUT2D eigenvalue weighted by molar-refractivity contribution is 0.673. The first-order chi connectivity index (χ1) is 29.7. The Morgan fingerprint density at radius 3 is 1.62 bits per heavy atom. The summed E-state index contributed by atoms with van der Waals surface area (Å²) in [5.74, 6) is 0.714. The maximum absolute atomic E-state index is 6.77. The summed E-state index contributed by atoms with van der Waals surface area (Å²) in [5, 5.41) is 4.59. The quantitative estimate of drug-likeness (QED) is 0.169. The van der Waals surface area contributed by atoms with Crippen LogP contribution in [0.3, 0.4) is 0 Å². The first kappa shape index (κ1) is 34.2. The molecular formula is C57H36N2O. The minimum absolute atomic E-state index is 0.714. The maximum Gasteiger partial charge on any atom is 0.160 e. The lowest BCUT2D eigenvalue weighted by Crippen LogP contribution is -1.95. The Labute approximate surface area is 347 Å². The molecule has 2 heterocycles. The van der Waals surface area contributed by atoms with E-state index >= 15 is 0 Å². The Morgan fingerprint density at radius 1 is 0.350 bits per heavy atom. The Balaban J connectivity index is 0.923. The van der Waals surface area contributed by atoms with Crippen molar-refractivity contribution in [1.29, 1.82) is 0 Å². The highest BCUT2D eigenvalue weighted by molar-refractivity contribution is 6.22. The van der Waals surface area contributed by atoms with Crippen molar-refractivity contribution in [2.75, 3.05) is 0 Å². The van der Waals surface area contributed by atoms with Crippen LogP contribution >= 0.6 is 0 Å². The molecular weight excluding hydrogens is 729 g/mol. The third kappa shape index (κ3) is 5.66. The van der Waals surface area contributed by atoms with E-state index in [0.717, 1.165) is 73.0 Å². The zero-order valence-electron chi connectivity index (χ0n) is 32.6. The van der Waals surface area contributed by atoms with Crippen molar-refractivity contribution in [3.63, 3.8) is 0 Å². The van der Waals surface area contributed by atoms with Gasteiger partial charge in [0.15, 0.2) is 5.82 Å². The highest BCUT2D eigenvalue weighted by atomic mass is 16.3. The Morgan fingerprint density at radius 2 is 0.883 bits per heavy atom. The van der Waals surface area contributed by atoms with Gasteiger partial charge in [-0.3, -0.25) is 0 Å². The molecule has 3 heteroatoms. The number of nitrogens with zero attached hydrogens (tertiary/aromatic N) is 2. The third-order valence-corrected chi connectivity index (χ3v) is 12.2. The van der Waals surface area contributed by atoms with Crippen LogP contribution in [0, 0.1) is 0 Å². The summed E-state index contributed by atoms with van der Waals surface area (Å²) in [6, 6.07) is 73.3. The second-order valence-electron chi connectivity index (χ2n) is 15.6. The van der Waals surface area contributed by atoms with Crippen molar-refractivity contribution >= 4 is 32.7 Å². The third-order valence-electron chi connectivity index (χ3n) is 12.2. The maximum atomic E-state index is 6.77. The Kier molecular flexibility index (Phi) is 7.92. The van der Waals surface area contributed by atoms with E-state index in [4.69, 9.17) is 14.4 Å². The summed E-state index contributed by atoms with van der Waals surface area (Å²) in [6.45, 7) is 0. The summed E-state index contributed by atoms with van der Waals surface area (Å²) in [7, 11) is 0. The van der Waals surface area contributed by atoms with Gasteiger partial charge in [-0.25, -0.2) is 9.97 Å². The SMILES string of the molecule is c1ccc(-c2cc(-c3ccc(-c4ccc(-c5cc6c(oc7cccc(-c8cccc9c8Cc8ccccc8-9)c76)c6ccccc56)cc4)cc3)nc(-c3ccccc3)n2)cc1. The fourth-order valence-corrected chi connectivity index (χ4v) is 9.27. The molecule has 0 N–H and O–H groups in total. The molecule has 9 aromatic carbocycles. The summed E-state index contributed by atoms with van der Waals surface area (Å²) >= 11 is 0. The molecule has 1 aliphatic rings. The van der Waals surface area contributed by atoms with Gasteiger partial charge < -0.3 is 4.42 Å². The molecule has 0 bridgehead atoms. The second kappa shape index (κ2) is 13.9. The standard InChI is InChI=1S/C57H36N2O/c1-3-13-39(14-4-1)52-35-53(59-57(58-52)41-15-5-2-6-16-41)40-31-27-37(28-32-40)36-25-29-38(30-26-36)49-34-51-55-47(23-12-24-54(55)60-56(51)48-20-10-9-19-46(48)49)45-22-11-21-44-43-18-8-7-17-42(43)33-50(44)45/h1-32,34-35H,33H2. The average molecular weight is 765 g/mol. The van der Waals surface area contributed by atoms with Gasteiger partial charge in [0.1, 0.15) is 11.2 Å². The van der Waals surface area contributed by atoms with E-state index in [9.17, 15) is 0 Å². The number of hydrogen-bond donors (Lipinski definition) is 0. The molecule has 280 valence electrons. The van der Waals surface area contributed by atoms with Gasteiger partial charge >= 0.3 is 0 Å². The average Bonchev–Trinajstić information content (AvgIpc) is 3.91. The highest BCUT2D eigenvalue weighted by Crippen LogP contribution is 2.47. The Bertz CT molecular complexity index is 3360. The molecule has 0 spiro atoms. The number of benzene rings is 9. The fraction of sp³-hybridized carbons (Fsp3) is 0.0175. The van der Waals surface area contributed by atoms with Crippen LogP contribution in [0.1, 0.15) is 11.1 Å². The molecule has 1 aliphatic carbocycles. The summed E-state index contributed by atoms with van der Waals surface area (Å²) in [6.07, 6.45) is 0.933. The van der Waals surface area contributed by atoms with Gasteiger partial charge in [-0.1, -0.05) is 188 Å². The topological polar surface area (TPSA) is 38.9 Å². The van der Waals surface area contributed by atoms with Crippen LogP contribution in [0.15, 0.2) is 211 Å². The van der Waals surface area contributed by atoms with E-state index in [2.05, 4.69) is 170 Å². The molecule has 0 fully saturated rings. The number of rotatable bonds is 6. The number of furan rings is 1. The van der Waals surface area contributed by atoms with Crippen LogP contribution in [0.5, 0.6) is 0 Å². The second-order valence-corrected chi connectivity index (χ2v) is 15.6. The van der Waals surface area contributed by atoms with Gasteiger partial charge in [-0.15, -0.1) is 0 Å². The van der Waals surface area contributed by atoms with Crippen LogP contribution in [-0.2, 0) is 6.42 Å². The molecule has 0 atom stereocenters. The molecule has 0 aliphatic heterocycles. The minimum Gasteiger partial charge on any atom is -0.455 e. The van der Waals surface area contributed by atoms with E-state index in [1.807, 2.05) is 36.4 Å². The molecule has 12 rings (SSSR count). The first-order valence-corrected chi connectivity index (χ1v) is 20.5. The molecule has 60 heavy (non-hydrogen) atoms. The summed E-state index contributed by atoms with van der Waals surface area (Å²) < 4.78 is 6.77. The normalized spacial score (nSPS) is 11.9. The fourth-order valence-electron chi connectivity index (χ4n) is 9.27. The van der Waals surface area contributed by atoms with Gasteiger partial charge in [-0.05, 0) is 85.6 Å². The van der Waals surface area contributed by atoms with E-state index < -0.39 is 0 Å². The van der Waals surface area contributed by atoms with Crippen molar-refractivity contribution in [3.8, 4) is 78.4 Å². The van der Waals surface area contributed by atoms with E-state index in [0.29, 0.717) is 5.82 Å². The van der Waals surface area contributed by atoms with Crippen molar-refractivity contribution in [3.05, 3.63) is 217 Å². The Hall–Kier alpha value is -7.88. The lowest BCUT2D eigenvalue weighted by Gasteiger charge is -2.12. The van der Waals surface area contributed by atoms with Crippen LogP contribution < -0.4 is 0 Å². The van der Waals surface area contributed by atoms with E-state index in [-0.39, 0.29) is 0 Å². The van der Waals surface area contributed by atoms with Crippen LogP contribution in [0.2, 0.25) is 0 Å². The van der Waals surface area contributed by atoms with Gasteiger partial charge in [0.2, 0.25) is 0 Å². The molecule has 0 radical (unpaired) electrons.